The van der Waals surface area contributed by atoms with Crippen molar-refractivity contribution in [2.24, 2.45) is 0 Å². The molecule has 1 aromatic carbocycles. The van der Waals surface area contributed by atoms with Gasteiger partial charge in [0.25, 0.3) is 0 Å². The van der Waals surface area contributed by atoms with E-state index < -0.39 is 0 Å². The van der Waals surface area contributed by atoms with E-state index in [1.54, 1.807) is 0 Å². The summed E-state index contributed by atoms with van der Waals surface area (Å²) in [6.45, 7) is 3.12. The van der Waals surface area contributed by atoms with Gasteiger partial charge in [0, 0.05) is 6.54 Å². The summed E-state index contributed by atoms with van der Waals surface area (Å²) >= 11 is 3.62. The lowest BCUT2D eigenvalue weighted by atomic mass is 10.0. The van der Waals surface area contributed by atoms with Crippen molar-refractivity contribution in [1.82, 2.24) is 15.1 Å². The Bertz CT molecular complexity index is 507. The van der Waals surface area contributed by atoms with Crippen LogP contribution >= 0.6 is 15.9 Å². The Hall–Kier alpha value is -1.13. The van der Waals surface area contributed by atoms with E-state index in [0.29, 0.717) is 0 Å². The van der Waals surface area contributed by atoms with Crippen LogP contribution < -0.4 is 5.32 Å². The quantitative estimate of drug-likeness (QED) is 0.881. The lowest BCUT2D eigenvalue weighted by Gasteiger charge is -2.19. The molecule has 1 N–H and O–H groups in total. The SMILES string of the molecule is CCCn1ncc(Br)c1C(Cc1ccccc1)NC. The first kappa shape index (κ1) is 14.3. The topological polar surface area (TPSA) is 29.9 Å². The van der Waals surface area contributed by atoms with Crippen LogP contribution in [0, 0.1) is 0 Å². The molecule has 0 aliphatic heterocycles. The van der Waals surface area contributed by atoms with E-state index >= 15 is 0 Å². The average Bonchev–Trinajstić information content (AvgIpc) is 2.79. The lowest BCUT2D eigenvalue weighted by molar-refractivity contribution is 0.495. The third-order valence-corrected chi connectivity index (χ3v) is 3.84. The van der Waals surface area contributed by atoms with Crippen molar-refractivity contribution in [3.63, 3.8) is 0 Å². The highest BCUT2D eigenvalue weighted by atomic mass is 79.9. The van der Waals surface area contributed by atoms with Crippen LogP contribution in [0.25, 0.3) is 0 Å². The highest BCUT2D eigenvalue weighted by Crippen LogP contribution is 2.26. The van der Waals surface area contributed by atoms with Crippen molar-refractivity contribution in [2.75, 3.05) is 7.05 Å². The van der Waals surface area contributed by atoms with Crippen LogP contribution in [0.1, 0.15) is 30.6 Å². The highest BCUT2D eigenvalue weighted by Gasteiger charge is 2.18. The summed E-state index contributed by atoms with van der Waals surface area (Å²) in [7, 11) is 2.00. The first-order valence-electron chi connectivity index (χ1n) is 6.68. The monoisotopic (exact) mass is 321 g/mol. The molecule has 0 aliphatic carbocycles. The Morgan fingerprint density at radius 2 is 2.05 bits per heavy atom. The zero-order chi connectivity index (χ0) is 13.7. The van der Waals surface area contributed by atoms with Crippen molar-refractivity contribution >= 4 is 15.9 Å². The van der Waals surface area contributed by atoms with Crippen LogP contribution in [0.4, 0.5) is 0 Å². The van der Waals surface area contributed by atoms with Crippen LogP contribution in [-0.4, -0.2) is 16.8 Å². The Balaban J connectivity index is 2.24. The van der Waals surface area contributed by atoms with Crippen molar-refractivity contribution in [3.05, 3.63) is 52.3 Å². The van der Waals surface area contributed by atoms with Gasteiger partial charge in [-0.25, -0.2) is 0 Å². The predicted octanol–water partition coefficient (Wildman–Crippen LogP) is 3.56. The largest absolute Gasteiger partial charge is 0.311 e. The average molecular weight is 322 g/mol. The van der Waals surface area contributed by atoms with Gasteiger partial charge in [0.1, 0.15) is 0 Å². The minimum absolute atomic E-state index is 0.269. The standard InChI is InChI=1S/C15H20BrN3/c1-3-9-19-15(13(16)11-18-19)14(17-2)10-12-7-5-4-6-8-12/h4-8,11,14,17H,3,9-10H2,1-2H3. The number of benzene rings is 1. The molecule has 0 bridgehead atoms. The number of rotatable bonds is 6. The molecule has 0 fully saturated rings. The third kappa shape index (κ3) is 3.45. The Labute approximate surface area is 123 Å². The number of hydrogen-bond donors (Lipinski definition) is 1. The zero-order valence-electron chi connectivity index (χ0n) is 11.4. The number of likely N-dealkylation sites (N-methyl/N-ethyl adjacent to an activating group) is 1. The maximum Gasteiger partial charge on any atom is 0.0698 e. The van der Waals surface area contributed by atoms with Crippen LogP contribution in [-0.2, 0) is 13.0 Å². The van der Waals surface area contributed by atoms with E-state index in [0.717, 1.165) is 23.9 Å². The van der Waals surface area contributed by atoms with Crippen LogP contribution in [0.3, 0.4) is 0 Å². The number of hydrogen-bond acceptors (Lipinski definition) is 2. The van der Waals surface area contributed by atoms with Gasteiger partial charge in [-0.05, 0) is 41.4 Å². The van der Waals surface area contributed by atoms with Gasteiger partial charge in [0.15, 0.2) is 0 Å². The number of aryl methyl sites for hydroxylation is 1. The molecule has 0 aliphatic rings. The Morgan fingerprint density at radius 1 is 1.32 bits per heavy atom. The molecular formula is C15H20BrN3. The lowest BCUT2D eigenvalue weighted by Crippen LogP contribution is -2.23. The maximum atomic E-state index is 4.45. The van der Waals surface area contributed by atoms with Gasteiger partial charge in [-0.1, -0.05) is 37.3 Å². The minimum atomic E-state index is 0.269. The van der Waals surface area contributed by atoms with Gasteiger partial charge in [-0.2, -0.15) is 5.10 Å². The van der Waals surface area contributed by atoms with Gasteiger partial charge in [0.05, 0.1) is 22.4 Å². The fourth-order valence-electron chi connectivity index (χ4n) is 2.29. The first-order valence-corrected chi connectivity index (χ1v) is 7.48. The Morgan fingerprint density at radius 3 is 2.68 bits per heavy atom. The first-order chi connectivity index (χ1) is 9.26. The summed E-state index contributed by atoms with van der Waals surface area (Å²) in [6, 6.07) is 10.8. The molecular weight excluding hydrogens is 302 g/mol. The van der Waals surface area contributed by atoms with E-state index in [9.17, 15) is 0 Å². The smallest absolute Gasteiger partial charge is 0.0698 e. The fourth-order valence-corrected chi connectivity index (χ4v) is 2.87. The summed E-state index contributed by atoms with van der Waals surface area (Å²) in [4.78, 5) is 0. The molecule has 102 valence electrons. The second kappa shape index (κ2) is 6.87. The predicted molar refractivity (Wildman–Crippen MR) is 82.2 cm³/mol. The molecule has 0 saturated heterocycles. The Kier molecular flexibility index (Phi) is 5.16. The molecule has 1 aromatic heterocycles. The molecule has 1 heterocycles. The summed E-state index contributed by atoms with van der Waals surface area (Å²) in [5.74, 6) is 0. The molecule has 2 rings (SSSR count). The van der Waals surface area contributed by atoms with Gasteiger partial charge < -0.3 is 5.32 Å². The summed E-state index contributed by atoms with van der Waals surface area (Å²) in [5, 5.41) is 7.85. The van der Waals surface area contributed by atoms with Crippen molar-refractivity contribution in [1.29, 1.82) is 0 Å². The number of halogens is 1. The van der Waals surface area contributed by atoms with Gasteiger partial charge >= 0.3 is 0 Å². The number of nitrogens with zero attached hydrogens (tertiary/aromatic N) is 2. The van der Waals surface area contributed by atoms with Crippen LogP contribution in [0.2, 0.25) is 0 Å². The molecule has 19 heavy (non-hydrogen) atoms. The molecule has 0 saturated carbocycles. The van der Waals surface area contributed by atoms with E-state index in [4.69, 9.17) is 0 Å². The number of aromatic nitrogens is 2. The zero-order valence-corrected chi connectivity index (χ0v) is 13.0. The van der Waals surface area contributed by atoms with Gasteiger partial charge in [-0.15, -0.1) is 0 Å². The van der Waals surface area contributed by atoms with E-state index in [-0.39, 0.29) is 6.04 Å². The highest BCUT2D eigenvalue weighted by molar-refractivity contribution is 9.10. The molecule has 1 unspecified atom stereocenters. The summed E-state index contributed by atoms with van der Waals surface area (Å²) in [5.41, 5.74) is 2.56. The number of nitrogens with one attached hydrogen (secondary N) is 1. The van der Waals surface area contributed by atoms with E-state index in [2.05, 4.69) is 68.3 Å². The molecule has 2 aromatic rings. The van der Waals surface area contributed by atoms with Gasteiger partial charge in [-0.3, -0.25) is 4.68 Å². The minimum Gasteiger partial charge on any atom is -0.311 e. The van der Waals surface area contributed by atoms with Crippen LogP contribution in [0.15, 0.2) is 41.0 Å². The second-order valence-electron chi connectivity index (χ2n) is 4.63. The molecule has 4 heteroatoms. The van der Waals surface area contributed by atoms with E-state index in [1.807, 2.05) is 13.2 Å². The van der Waals surface area contributed by atoms with Crippen molar-refractivity contribution in [2.45, 2.75) is 32.4 Å². The second-order valence-corrected chi connectivity index (χ2v) is 5.49. The molecule has 0 spiro atoms. The van der Waals surface area contributed by atoms with Crippen molar-refractivity contribution in [3.8, 4) is 0 Å². The summed E-state index contributed by atoms with van der Waals surface area (Å²) in [6.07, 6.45) is 3.94. The maximum absolute atomic E-state index is 4.45. The fraction of sp³-hybridized carbons (Fsp3) is 0.400. The molecule has 1 atom stereocenters. The normalized spacial score (nSPS) is 12.6. The van der Waals surface area contributed by atoms with Crippen molar-refractivity contribution < 1.29 is 0 Å². The summed E-state index contributed by atoms with van der Waals surface area (Å²) < 4.78 is 3.17. The molecule has 0 amide bonds. The van der Waals surface area contributed by atoms with Crippen LogP contribution in [0.5, 0.6) is 0 Å². The molecule has 3 nitrogen and oxygen atoms in total. The van der Waals surface area contributed by atoms with Gasteiger partial charge in [0.2, 0.25) is 0 Å². The third-order valence-electron chi connectivity index (χ3n) is 3.23. The van der Waals surface area contributed by atoms with E-state index in [1.165, 1.54) is 11.3 Å². The molecule has 0 radical (unpaired) electrons.